The Morgan fingerprint density at radius 1 is 1.37 bits per heavy atom. The zero-order valence-corrected chi connectivity index (χ0v) is 19.6. The van der Waals surface area contributed by atoms with Gasteiger partial charge in [0.05, 0.1) is 12.9 Å². The maximum absolute atomic E-state index is 11.8. The topological polar surface area (TPSA) is 83.0 Å². The highest BCUT2D eigenvalue weighted by Gasteiger charge is 2.31. The monoisotopic (exact) mass is 510 g/mol. The largest absolute Gasteiger partial charge is 0.494 e. The number of nitrogens with one attached hydrogen (secondary N) is 2. The maximum atomic E-state index is 11.8. The SMILES string of the molecule is CCOc1cc(C)ccc1CNC(=NC)NC[C@H]1CCCN1S(C)(=O)=O.I. The molecule has 0 radical (unpaired) electrons. The molecule has 1 aromatic carbocycles. The van der Waals surface area contributed by atoms with Crippen molar-refractivity contribution in [2.45, 2.75) is 39.3 Å². The van der Waals surface area contributed by atoms with Crippen molar-refractivity contribution in [1.82, 2.24) is 14.9 Å². The van der Waals surface area contributed by atoms with Crippen molar-refractivity contribution in [3.63, 3.8) is 0 Å². The molecule has 1 aliphatic rings. The number of nitrogens with zero attached hydrogens (tertiary/aromatic N) is 2. The van der Waals surface area contributed by atoms with Gasteiger partial charge in [0, 0.05) is 38.3 Å². The summed E-state index contributed by atoms with van der Waals surface area (Å²) in [4.78, 5) is 4.23. The summed E-state index contributed by atoms with van der Waals surface area (Å²) in [7, 11) is -1.46. The molecule has 1 aliphatic heterocycles. The summed E-state index contributed by atoms with van der Waals surface area (Å²) in [5.41, 5.74) is 2.21. The number of guanidine groups is 1. The Balaban J connectivity index is 0.00000364. The molecule has 0 bridgehead atoms. The lowest BCUT2D eigenvalue weighted by atomic mass is 10.1. The fourth-order valence-corrected chi connectivity index (χ4v) is 4.34. The first-order valence-corrected chi connectivity index (χ1v) is 10.8. The molecule has 9 heteroatoms. The van der Waals surface area contributed by atoms with E-state index in [-0.39, 0.29) is 30.0 Å². The van der Waals surface area contributed by atoms with Gasteiger partial charge in [0.15, 0.2) is 5.96 Å². The molecule has 1 saturated heterocycles. The van der Waals surface area contributed by atoms with E-state index in [2.05, 4.69) is 21.7 Å². The number of benzene rings is 1. The van der Waals surface area contributed by atoms with E-state index in [1.165, 1.54) is 6.26 Å². The van der Waals surface area contributed by atoms with Gasteiger partial charge >= 0.3 is 0 Å². The molecule has 27 heavy (non-hydrogen) atoms. The fourth-order valence-electron chi connectivity index (χ4n) is 3.16. The van der Waals surface area contributed by atoms with Crippen LogP contribution in [-0.4, -0.2) is 57.7 Å². The number of hydrogen-bond acceptors (Lipinski definition) is 4. The molecular weight excluding hydrogens is 479 g/mol. The molecule has 154 valence electrons. The molecule has 0 unspecified atom stereocenters. The molecular formula is C18H31IN4O3S. The van der Waals surface area contributed by atoms with Gasteiger partial charge < -0.3 is 15.4 Å². The van der Waals surface area contributed by atoms with Crippen molar-refractivity contribution < 1.29 is 13.2 Å². The molecule has 0 spiro atoms. The van der Waals surface area contributed by atoms with Crippen LogP contribution in [0, 0.1) is 6.92 Å². The average molecular weight is 510 g/mol. The van der Waals surface area contributed by atoms with Crippen molar-refractivity contribution in [3.05, 3.63) is 29.3 Å². The third-order valence-corrected chi connectivity index (χ3v) is 5.78. The molecule has 7 nitrogen and oxygen atoms in total. The van der Waals surface area contributed by atoms with E-state index in [1.54, 1.807) is 11.4 Å². The Labute approximate surface area is 180 Å². The van der Waals surface area contributed by atoms with Crippen molar-refractivity contribution in [2.75, 3.05) is 33.0 Å². The van der Waals surface area contributed by atoms with Gasteiger partial charge in [-0.2, -0.15) is 4.31 Å². The standard InChI is InChI=1S/C18H30N4O3S.HI/c1-5-25-17-11-14(2)8-9-15(17)12-20-18(19-3)21-13-16-7-6-10-22(16)26(4,23)24;/h8-9,11,16H,5-7,10,12-13H2,1-4H3,(H2,19,20,21);1H/t16-;/m1./s1. The normalized spacial score (nSPS) is 18.1. The van der Waals surface area contributed by atoms with Crippen molar-refractivity contribution in [2.24, 2.45) is 4.99 Å². The number of hydrogen-bond donors (Lipinski definition) is 2. The zero-order valence-electron chi connectivity index (χ0n) is 16.5. The molecule has 1 heterocycles. The lowest BCUT2D eigenvalue weighted by Crippen LogP contribution is -2.46. The summed E-state index contributed by atoms with van der Waals surface area (Å²) in [6, 6.07) is 6.10. The highest BCUT2D eigenvalue weighted by molar-refractivity contribution is 14.0. The van der Waals surface area contributed by atoms with E-state index in [0.29, 0.717) is 32.2 Å². The van der Waals surface area contributed by atoms with E-state index >= 15 is 0 Å². The predicted octanol–water partition coefficient (Wildman–Crippen LogP) is 2.10. The van der Waals surface area contributed by atoms with E-state index in [4.69, 9.17) is 4.74 Å². The van der Waals surface area contributed by atoms with Crippen LogP contribution in [0.25, 0.3) is 0 Å². The number of aryl methyl sites for hydroxylation is 1. The lowest BCUT2D eigenvalue weighted by Gasteiger charge is -2.23. The van der Waals surface area contributed by atoms with Gasteiger partial charge in [0.2, 0.25) is 10.0 Å². The molecule has 2 N–H and O–H groups in total. The van der Waals surface area contributed by atoms with Gasteiger partial charge in [-0.05, 0) is 38.3 Å². The number of aliphatic imine (C=N–C) groups is 1. The fraction of sp³-hybridized carbons (Fsp3) is 0.611. The van der Waals surface area contributed by atoms with Crippen LogP contribution >= 0.6 is 24.0 Å². The molecule has 0 amide bonds. The Hall–Kier alpha value is -1.07. The Morgan fingerprint density at radius 3 is 2.74 bits per heavy atom. The van der Waals surface area contributed by atoms with Gasteiger partial charge in [-0.15, -0.1) is 24.0 Å². The van der Waals surface area contributed by atoms with Crippen LogP contribution in [0.4, 0.5) is 0 Å². The number of ether oxygens (including phenoxy) is 1. The van der Waals surface area contributed by atoms with Crippen LogP contribution in [0.3, 0.4) is 0 Å². The second-order valence-electron chi connectivity index (χ2n) is 6.52. The summed E-state index contributed by atoms with van der Waals surface area (Å²) >= 11 is 0. The van der Waals surface area contributed by atoms with Gasteiger partial charge in [-0.1, -0.05) is 12.1 Å². The summed E-state index contributed by atoms with van der Waals surface area (Å²) in [5, 5.41) is 6.51. The van der Waals surface area contributed by atoms with Gasteiger partial charge in [0.25, 0.3) is 0 Å². The second-order valence-corrected chi connectivity index (χ2v) is 8.46. The van der Waals surface area contributed by atoms with Crippen LogP contribution in [0.15, 0.2) is 23.2 Å². The van der Waals surface area contributed by atoms with E-state index in [9.17, 15) is 8.42 Å². The lowest BCUT2D eigenvalue weighted by molar-refractivity contribution is 0.336. The average Bonchev–Trinajstić information content (AvgIpc) is 3.06. The van der Waals surface area contributed by atoms with Crippen LogP contribution in [0.1, 0.15) is 30.9 Å². The van der Waals surface area contributed by atoms with Crippen molar-refractivity contribution in [1.29, 1.82) is 0 Å². The number of sulfonamides is 1. The van der Waals surface area contributed by atoms with Crippen LogP contribution in [0.5, 0.6) is 5.75 Å². The first-order chi connectivity index (χ1) is 12.3. The van der Waals surface area contributed by atoms with Crippen molar-refractivity contribution >= 4 is 40.0 Å². The number of halogens is 1. The van der Waals surface area contributed by atoms with Gasteiger partial charge in [-0.25, -0.2) is 8.42 Å². The Kier molecular flexibility index (Phi) is 9.82. The smallest absolute Gasteiger partial charge is 0.211 e. The van der Waals surface area contributed by atoms with E-state index < -0.39 is 10.0 Å². The number of rotatable bonds is 7. The second kappa shape index (κ2) is 11.1. The molecule has 0 aromatic heterocycles. The predicted molar refractivity (Wildman–Crippen MR) is 121 cm³/mol. The minimum absolute atomic E-state index is 0. The first-order valence-electron chi connectivity index (χ1n) is 8.98. The molecule has 1 fully saturated rings. The summed E-state index contributed by atoms with van der Waals surface area (Å²) < 4.78 is 30.9. The molecule has 2 rings (SSSR count). The van der Waals surface area contributed by atoms with Crippen LogP contribution in [0.2, 0.25) is 0 Å². The third-order valence-electron chi connectivity index (χ3n) is 4.45. The third kappa shape index (κ3) is 7.11. The maximum Gasteiger partial charge on any atom is 0.211 e. The van der Waals surface area contributed by atoms with Gasteiger partial charge in [0.1, 0.15) is 5.75 Å². The van der Waals surface area contributed by atoms with Crippen LogP contribution in [-0.2, 0) is 16.6 Å². The van der Waals surface area contributed by atoms with Crippen LogP contribution < -0.4 is 15.4 Å². The zero-order chi connectivity index (χ0) is 19.2. The molecule has 1 aromatic rings. The summed E-state index contributed by atoms with van der Waals surface area (Å²) in [6.45, 7) is 6.34. The quantitative estimate of drug-likeness (QED) is 0.334. The summed E-state index contributed by atoms with van der Waals surface area (Å²) in [5.74, 6) is 1.52. The minimum atomic E-state index is -3.16. The first kappa shape index (κ1) is 24.0. The Bertz CT molecular complexity index is 740. The van der Waals surface area contributed by atoms with E-state index in [0.717, 1.165) is 29.7 Å². The highest BCUT2D eigenvalue weighted by Crippen LogP contribution is 2.21. The molecule has 0 aliphatic carbocycles. The molecule has 1 atom stereocenters. The van der Waals surface area contributed by atoms with Gasteiger partial charge in [-0.3, -0.25) is 4.99 Å². The van der Waals surface area contributed by atoms with E-state index in [1.807, 2.05) is 26.0 Å². The minimum Gasteiger partial charge on any atom is -0.494 e. The van der Waals surface area contributed by atoms with Crippen molar-refractivity contribution in [3.8, 4) is 5.75 Å². The summed E-state index contributed by atoms with van der Waals surface area (Å²) in [6.07, 6.45) is 3.03. The Morgan fingerprint density at radius 2 is 2.11 bits per heavy atom. The highest BCUT2D eigenvalue weighted by atomic mass is 127. The molecule has 0 saturated carbocycles.